The van der Waals surface area contributed by atoms with Crippen LogP contribution in [0.3, 0.4) is 0 Å². The lowest BCUT2D eigenvalue weighted by atomic mass is 10.3. The van der Waals surface area contributed by atoms with Crippen molar-refractivity contribution in [2.45, 2.75) is 19.9 Å². The van der Waals surface area contributed by atoms with Crippen molar-refractivity contribution in [3.63, 3.8) is 0 Å². The van der Waals surface area contributed by atoms with E-state index < -0.39 is 6.03 Å². The molecule has 0 saturated carbocycles. The van der Waals surface area contributed by atoms with Crippen molar-refractivity contribution in [2.24, 2.45) is 0 Å². The fraction of sp³-hybridized carbons (Fsp3) is 0.385. The molecule has 0 atom stereocenters. The number of imide groups is 1. The van der Waals surface area contributed by atoms with Crippen LogP contribution in [-0.2, 0) is 0 Å². The SMILES string of the molecule is CC(C)NC(=O)N(C)C(=O)N(C)c1ccccc1. The first-order valence-corrected chi connectivity index (χ1v) is 5.80. The highest BCUT2D eigenvalue weighted by Gasteiger charge is 2.21. The van der Waals surface area contributed by atoms with E-state index in [1.54, 1.807) is 7.05 Å². The maximum absolute atomic E-state index is 12.1. The Morgan fingerprint density at radius 2 is 1.67 bits per heavy atom. The Balaban J connectivity index is 2.72. The predicted octanol–water partition coefficient (Wildman–Crippen LogP) is 2.29. The highest BCUT2D eigenvalue weighted by Crippen LogP contribution is 2.12. The van der Waals surface area contributed by atoms with Crippen LogP contribution in [0.25, 0.3) is 0 Å². The molecule has 5 nitrogen and oxygen atoms in total. The number of hydrogen-bond donors (Lipinski definition) is 1. The summed E-state index contributed by atoms with van der Waals surface area (Å²) in [5, 5.41) is 2.67. The van der Waals surface area contributed by atoms with Crippen molar-refractivity contribution in [3.05, 3.63) is 30.3 Å². The van der Waals surface area contributed by atoms with Crippen LogP contribution in [0.4, 0.5) is 15.3 Å². The second-order valence-corrected chi connectivity index (χ2v) is 4.34. The number of carbonyl (C=O) groups is 2. The van der Waals surface area contributed by atoms with Crippen LogP contribution in [0.2, 0.25) is 0 Å². The van der Waals surface area contributed by atoms with E-state index in [9.17, 15) is 9.59 Å². The maximum Gasteiger partial charge on any atom is 0.332 e. The quantitative estimate of drug-likeness (QED) is 0.874. The topological polar surface area (TPSA) is 52.7 Å². The summed E-state index contributed by atoms with van der Waals surface area (Å²) in [6.07, 6.45) is 0. The standard InChI is InChI=1S/C13H19N3O2/c1-10(2)14-12(17)16(4)13(18)15(3)11-8-6-5-7-9-11/h5-10H,1-4H3,(H,14,17). The van der Waals surface area contributed by atoms with Gasteiger partial charge in [-0.15, -0.1) is 0 Å². The smallest absolute Gasteiger partial charge is 0.332 e. The van der Waals surface area contributed by atoms with Gasteiger partial charge in [0.25, 0.3) is 0 Å². The van der Waals surface area contributed by atoms with Gasteiger partial charge in [0.05, 0.1) is 0 Å². The molecule has 4 amide bonds. The van der Waals surface area contributed by atoms with Crippen molar-refractivity contribution < 1.29 is 9.59 Å². The molecule has 0 radical (unpaired) electrons. The van der Waals surface area contributed by atoms with E-state index in [4.69, 9.17) is 0 Å². The normalized spacial score (nSPS) is 10.1. The second kappa shape index (κ2) is 6.05. The lowest BCUT2D eigenvalue weighted by Crippen LogP contribution is -2.48. The number of hydrogen-bond acceptors (Lipinski definition) is 2. The van der Waals surface area contributed by atoms with Gasteiger partial charge in [0.15, 0.2) is 0 Å². The van der Waals surface area contributed by atoms with E-state index in [1.165, 1.54) is 11.9 Å². The van der Waals surface area contributed by atoms with Gasteiger partial charge in [-0.05, 0) is 26.0 Å². The first-order valence-electron chi connectivity index (χ1n) is 5.80. The number of para-hydroxylation sites is 1. The molecule has 0 fully saturated rings. The average Bonchev–Trinajstić information content (AvgIpc) is 2.36. The van der Waals surface area contributed by atoms with Crippen LogP contribution in [0.15, 0.2) is 30.3 Å². The fourth-order valence-electron chi connectivity index (χ4n) is 1.42. The minimum atomic E-state index is -0.405. The summed E-state index contributed by atoms with van der Waals surface area (Å²) in [7, 11) is 3.09. The molecular formula is C13H19N3O2. The average molecular weight is 249 g/mol. The van der Waals surface area contributed by atoms with Gasteiger partial charge < -0.3 is 5.32 Å². The zero-order valence-corrected chi connectivity index (χ0v) is 11.2. The van der Waals surface area contributed by atoms with E-state index in [1.807, 2.05) is 44.2 Å². The van der Waals surface area contributed by atoms with Gasteiger partial charge in [-0.3, -0.25) is 4.90 Å². The van der Waals surface area contributed by atoms with Crippen molar-refractivity contribution in [3.8, 4) is 0 Å². The van der Waals surface area contributed by atoms with Gasteiger partial charge in [-0.25, -0.2) is 14.5 Å². The maximum atomic E-state index is 12.1. The molecule has 0 aliphatic heterocycles. The van der Waals surface area contributed by atoms with E-state index in [-0.39, 0.29) is 12.1 Å². The Morgan fingerprint density at radius 3 is 2.17 bits per heavy atom. The molecule has 1 aromatic rings. The number of anilines is 1. The van der Waals surface area contributed by atoms with Gasteiger partial charge in [-0.1, -0.05) is 18.2 Å². The Hall–Kier alpha value is -2.04. The number of urea groups is 2. The monoisotopic (exact) mass is 249 g/mol. The summed E-state index contributed by atoms with van der Waals surface area (Å²) in [6.45, 7) is 3.69. The number of nitrogens with zero attached hydrogens (tertiary/aromatic N) is 2. The Morgan fingerprint density at radius 1 is 1.11 bits per heavy atom. The van der Waals surface area contributed by atoms with Crippen molar-refractivity contribution in [2.75, 3.05) is 19.0 Å². The molecule has 0 aliphatic carbocycles. The number of nitrogens with one attached hydrogen (secondary N) is 1. The Labute approximate surface area is 107 Å². The third-order valence-electron chi connectivity index (χ3n) is 2.43. The molecule has 1 aromatic carbocycles. The summed E-state index contributed by atoms with van der Waals surface area (Å²) in [4.78, 5) is 26.2. The van der Waals surface area contributed by atoms with E-state index in [0.29, 0.717) is 0 Å². The molecular weight excluding hydrogens is 230 g/mol. The van der Waals surface area contributed by atoms with Crippen LogP contribution in [0.1, 0.15) is 13.8 Å². The summed E-state index contributed by atoms with van der Waals surface area (Å²) in [5.41, 5.74) is 0.742. The molecule has 0 saturated heterocycles. The van der Waals surface area contributed by atoms with Crippen molar-refractivity contribution >= 4 is 17.7 Å². The first-order chi connectivity index (χ1) is 8.43. The van der Waals surface area contributed by atoms with Crippen molar-refractivity contribution in [1.29, 1.82) is 0 Å². The van der Waals surface area contributed by atoms with Gasteiger partial charge in [0.2, 0.25) is 0 Å². The molecule has 5 heteroatoms. The van der Waals surface area contributed by atoms with Gasteiger partial charge in [-0.2, -0.15) is 0 Å². The zero-order chi connectivity index (χ0) is 13.7. The van der Waals surface area contributed by atoms with E-state index >= 15 is 0 Å². The number of carbonyl (C=O) groups excluding carboxylic acids is 2. The molecule has 0 spiro atoms. The van der Waals surface area contributed by atoms with Crippen LogP contribution in [0, 0.1) is 0 Å². The number of amides is 4. The van der Waals surface area contributed by atoms with Crippen LogP contribution in [-0.4, -0.2) is 37.1 Å². The molecule has 0 aliphatic rings. The second-order valence-electron chi connectivity index (χ2n) is 4.34. The van der Waals surface area contributed by atoms with Gasteiger partial charge >= 0.3 is 12.1 Å². The van der Waals surface area contributed by atoms with Crippen LogP contribution in [0.5, 0.6) is 0 Å². The largest absolute Gasteiger partial charge is 0.335 e. The molecule has 0 unspecified atom stereocenters. The predicted molar refractivity (Wildman–Crippen MR) is 71.7 cm³/mol. The summed E-state index contributed by atoms with van der Waals surface area (Å²) >= 11 is 0. The highest BCUT2D eigenvalue weighted by atomic mass is 16.2. The Kier molecular flexibility index (Phi) is 4.71. The molecule has 98 valence electrons. The summed E-state index contributed by atoms with van der Waals surface area (Å²) < 4.78 is 0. The van der Waals surface area contributed by atoms with E-state index in [2.05, 4.69) is 5.32 Å². The zero-order valence-electron chi connectivity index (χ0n) is 11.2. The highest BCUT2D eigenvalue weighted by molar-refractivity contribution is 6.01. The molecule has 0 aromatic heterocycles. The third-order valence-corrected chi connectivity index (χ3v) is 2.43. The number of rotatable bonds is 2. The number of benzene rings is 1. The lowest BCUT2D eigenvalue weighted by Gasteiger charge is -2.24. The minimum absolute atomic E-state index is 0.00483. The van der Waals surface area contributed by atoms with Crippen molar-refractivity contribution in [1.82, 2.24) is 10.2 Å². The fourth-order valence-corrected chi connectivity index (χ4v) is 1.42. The molecule has 0 heterocycles. The first kappa shape index (κ1) is 14.0. The van der Waals surface area contributed by atoms with Gasteiger partial charge in [0.1, 0.15) is 0 Å². The molecule has 18 heavy (non-hydrogen) atoms. The molecule has 0 bridgehead atoms. The van der Waals surface area contributed by atoms with Crippen LogP contribution >= 0.6 is 0 Å². The summed E-state index contributed by atoms with van der Waals surface area (Å²) in [6, 6.07) is 8.39. The minimum Gasteiger partial charge on any atom is -0.335 e. The van der Waals surface area contributed by atoms with Gasteiger partial charge in [0, 0.05) is 25.8 Å². The van der Waals surface area contributed by atoms with Crippen LogP contribution < -0.4 is 10.2 Å². The Bertz CT molecular complexity index is 418. The third kappa shape index (κ3) is 3.48. The summed E-state index contributed by atoms with van der Waals surface area (Å²) in [5.74, 6) is 0. The lowest BCUT2D eigenvalue weighted by molar-refractivity contribution is 0.197. The molecule has 1 rings (SSSR count). The molecule has 1 N–H and O–H groups in total. The van der Waals surface area contributed by atoms with E-state index in [0.717, 1.165) is 10.6 Å².